The summed E-state index contributed by atoms with van der Waals surface area (Å²) in [5.41, 5.74) is 0. The molecule has 1 saturated heterocycles. The molecule has 1 aliphatic rings. The van der Waals surface area contributed by atoms with Crippen LogP contribution >= 0.6 is 10.8 Å². The van der Waals surface area contributed by atoms with Crippen molar-refractivity contribution in [3.63, 3.8) is 0 Å². The first-order valence-corrected chi connectivity index (χ1v) is 7.86. The number of hydrogen-bond donors (Lipinski definition) is 1. The van der Waals surface area contributed by atoms with Gasteiger partial charge in [-0.25, -0.2) is 0 Å². The molecule has 0 bridgehead atoms. The Labute approximate surface area is 82.8 Å². The Kier molecular flexibility index (Phi) is 4.84. The fourth-order valence-corrected chi connectivity index (χ4v) is 6.02. The van der Waals surface area contributed by atoms with Gasteiger partial charge in [0.2, 0.25) is 0 Å². The minimum absolute atomic E-state index is 0.643. The predicted molar refractivity (Wildman–Crippen MR) is 61.7 cm³/mol. The third-order valence-electron chi connectivity index (χ3n) is 2.25. The molecule has 3 unspecified atom stereocenters. The van der Waals surface area contributed by atoms with E-state index in [1.54, 1.807) is 0 Å². The molecule has 12 heavy (non-hydrogen) atoms. The summed E-state index contributed by atoms with van der Waals surface area (Å²) in [7, 11) is 2.81. The second-order valence-corrected chi connectivity index (χ2v) is 7.70. The molecule has 0 aromatic heterocycles. The molecular formula is C9H20NS2+. The fraction of sp³-hybridized carbons (Fsp3) is 1.00. The van der Waals surface area contributed by atoms with Crippen molar-refractivity contribution in [1.29, 1.82) is 0 Å². The molecule has 1 rings (SSSR count). The second-order valence-electron chi connectivity index (χ2n) is 3.16. The van der Waals surface area contributed by atoms with E-state index in [1.165, 1.54) is 24.3 Å². The molecule has 0 aliphatic carbocycles. The first-order valence-electron chi connectivity index (χ1n) is 4.90. The summed E-state index contributed by atoms with van der Waals surface area (Å²) >= 11 is 0. The minimum Gasteiger partial charge on any atom is -0.294 e. The van der Waals surface area contributed by atoms with Crippen LogP contribution in [0.3, 0.4) is 0 Å². The van der Waals surface area contributed by atoms with Gasteiger partial charge in [0.25, 0.3) is 0 Å². The van der Waals surface area contributed by atoms with Gasteiger partial charge in [0, 0.05) is 0 Å². The van der Waals surface area contributed by atoms with E-state index in [0.29, 0.717) is 9.93 Å². The lowest BCUT2D eigenvalue weighted by molar-refractivity contribution is 0.512. The van der Waals surface area contributed by atoms with Gasteiger partial charge < -0.3 is 0 Å². The van der Waals surface area contributed by atoms with Gasteiger partial charge in [0.15, 0.2) is 0 Å². The first-order chi connectivity index (χ1) is 5.80. The third-order valence-corrected chi connectivity index (χ3v) is 7.27. The number of hydrogen-bond acceptors (Lipinski definition) is 2. The smallest absolute Gasteiger partial charge is 0.135 e. The van der Waals surface area contributed by atoms with Gasteiger partial charge in [0.05, 0.1) is 16.0 Å². The minimum atomic E-state index is 0.643. The molecule has 0 aromatic rings. The highest BCUT2D eigenvalue weighted by molar-refractivity contribution is 8.74. The van der Waals surface area contributed by atoms with Crippen molar-refractivity contribution in [2.45, 2.75) is 45.0 Å². The maximum atomic E-state index is 3.69. The van der Waals surface area contributed by atoms with Crippen LogP contribution in [0.15, 0.2) is 0 Å². The van der Waals surface area contributed by atoms with E-state index in [-0.39, 0.29) is 0 Å². The lowest BCUT2D eigenvalue weighted by Gasteiger charge is -2.27. The normalized spacial score (nSPS) is 36.8. The van der Waals surface area contributed by atoms with Crippen LogP contribution in [-0.4, -0.2) is 22.9 Å². The average Bonchev–Trinajstić information content (AvgIpc) is 2.16. The molecular weight excluding hydrogens is 186 g/mol. The fourth-order valence-electron chi connectivity index (χ4n) is 1.37. The molecule has 0 saturated carbocycles. The monoisotopic (exact) mass is 206 g/mol. The Morgan fingerprint density at radius 1 is 1.33 bits per heavy atom. The van der Waals surface area contributed by atoms with Gasteiger partial charge in [-0.3, -0.25) is 5.32 Å². The number of rotatable bonds is 3. The van der Waals surface area contributed by atoms with Gasteiger partial charge in [-0.05, 0) is 19.8 Å². The molecule has 72 valence electrons. The lowest BCUT2D eigenvalue weighted by atomic mass is 10.2. The van der Waals surface area contributed by atoms with Crippen LogP contribution in [0.25, 0.3) is 0 Å². The predicted octanol–water partition coefficient (Wildman–Crippen LogP) is 2.39. The van der Waals surface area contributed by atoms with Crippen LogP contribution in [0.1, 0.15) is 33.6 Å². The Morgan fingerprint density at radius 2 is 2.08 bits per heavy atom. The Morgan fingerprint density at radius 3 is 2.58 bits per heavy atom. The van der Waals surface area contributed by atoms with E-state index >= 15 is 0 Å². The van der Waals surface area contributed by atoms with Gasteiger partial charge in [-0.15, -0.1) is 0 Å². The highest BCUT2D eigenvalue weighted by Crippen LogP contribution is 2.29. The molecule has 1 nitrogen and oxygen atoms in total. The zero-order valence-corrected chi connectivity index (χ0v) is 9.93. The van der Waals surface area contributed by atoms with Crippen LogP contribution in [0.5, 0.6) is 0 Å². The first kappa shape index (κ1) is 10.7. The summed E-state index contributed by atoms with van der Waals surface area (Å²) < 4.78 is 0. The van der Waals surface area contributed by atoms with Crippen LogP contribution in [-0.2, 0) is 9.93 Å². The van der Waals surface area contributed by atoms with Crippen LogP contribution in [0, 0.1) is 0 Å². The Balaban J connectivity index is 2.41. The van der Waals surface area contributed by atoms with Crippen LogP contribution in [0.4, 0.5) is 0 Å². The maximum absolute atomic E-state index is 3.69. The van der Waals surface area contributed by atoms with Crippen LogP contribution in [0.2, 0.25) is 0 Å². The van der Waals surface area contributed by atoms with E-state index in [4.69, 9.17) is 0 Å². The summed E-state index contributed by atoms with van der Waals surface area (Å²) in [5.74, 6) is 2.76. The Hall–Kier alpha value is 0.660. The van der Waals surface area contributed by atoms with Crippen molar-refractivity contribution in [3.8, 4) is 0 Å². The highest BCUT2D eigenvalue weighted by Gasteiger charge is 2.33. The van der Waals surface area contributed by atoms with Crippen LogP contribution < -0.4 is 5.32 Å². The third kappa shape index (κ3) is 2.86. The molecule has 0 spiro atoms. The van der Waals surface area contributed by atoms with Gasteiger partial charge in [-0.2, -0.15) is 0 Å². The highest BCUT2D eigenvalue weighted by atomic mass is 33.1. The van der Waals surface area contributed by atoms with Crippen molar-refractivity contribution in [3.05, 3.63) is 0 Å². The second kappa shape index (κ2) is 5.40. The standard InChI is InChI=1S/C9H20NS2/c1-4-8-7-12(6-3)11-9(5-2)10-8/h8-10H,4-7H2,1-3H3/q+1. The summed E-state index contributed by atoms with van der Waals surface area (Å²) in [4.78, 5) is 0. The average molecular weight is 206 g/mol. The summed E-state index contributed by atoms with van der Waals surface area (Å²) in [5, 5.41) is 4.42. The summed E-state index contributed by atoms with van der Waals surface area (Å²) in [6.07, 6.45) is 2.56. The van der Waals surface area contributed by atoms with Gasteiger partial charge in [0.1, 0.15) is 27.7 Å². The molecule has 1 aliphatic heterocycles. The van der Waals surface area contributed by atoms with E-state index in [2.05, 4.69) is 36.9 Å². The van der Waals surface area contributed by atoms with Crippen molar-refractivity contribution < 1.29 is 0 Å². The van der Waals surface area contributed by atoms with Crippen molar-refractivity contribution in [2.75, 3.05) is 11.5 Å². The van der Waals surface area contributed by atoms with Gasteiger partial charge >= 0.3 is 0 Å². The summed E-state index contributed by atoms with van der Waals surface area (Å²) in [6, 6.07) is 0.791. The topological polar surface area (TPSA) is 12.0 Å². The quantitative estimate of drug-likeness (QED) is 0.562. The molecule has 3 atom stereocenters. The van der Waals surface area contributed by atoms with E-state index < -0.39 is 0 Å². The molecule has 0 aromatic carbocycles. The lowest BCUT2D eigenvalue weighted by Crippen LogP contribution is -2.45. The largest absolute Gasteiger partial charge is 0.294 e. The molecule has 1 N–H and O–H groups in total. The molecule has 0 radical (unpaired) electrons. The summed E-state index contributed by atoms with van der Waals surface area (Å²) in [6.45, 7) is 6.89. The number of nitrogens with one attached hydrogen (secondary N) is 1. The van der Waals surface area contributed by atoms with E-state index in [0.717, 1.165) is 11.4 Å². The maximum Gasteiger partial charge on any atom is 0.135 e. The van der Waals surface area contributed by atoms with Crippen molar-refractivity contribution >= 4 is 20.7 Å². The van der Waals surface area contributed by atoms with Gasteiger partial charge in [-0.1, -0.05) is 13.8 Å². The zero-order chi connectivity index (χ0) is 8.97. The zero-order valence-electron chi connectivity index (χ0n) is 8.30. The SMILES string of the molecule is CCC1C[S+](CC)SC(CC)N1. The molecule has 1 heterocycles. The molecule has 3 heteroatoms. The molecule has 0 amide bonds. The van der Waals surface area contributed by atoms with E-state index in [9.17, 15) is 0 Å². The van der Waals surface area contributed by atoms with E-state index in [1.807, 2.05) is 0 Å². The van der Waals surface area contributed by atoms with Crippen molar-refractivity contribution in [1.82, 2.24) is 5.32 Å². The van der Waals surface area contributed by atoms with Crippen molar-refractivity contribution in [2.24, 2.45) is 0 Å². The Bertz CT molecular complexity index is 99.9. The molecule has 1 fully saturated rings.